The van der Waals surface area contributed by atoms with Crippen LogP contribution in [0.1, 0.15) is 50.3 Å². The predicted octanol–water partition coefficient (Wildman–Crippen LogP) is 3.66. The second-order valence-electron chi connectivity index (χ2n) is 8.51. The number of rotatable bonds is 12. The molecule has 0 saturated heterocycles. The van der Waals surface area contributed by atoms with Gasteiger partial charge in [-0.3, -0.25) is 13.9 Å². The van der Waals surface area contributed by atoms with Gasteiger partial charge in [-0.2, -0.15) is 0 Å². The maximum atomic E-state index is 13.6. The topological polar surface area (TPSA) is 86.8 Å². The first-order valence-corrected chi connectivity index (χ1v) is 13.6. The Morgan fingerprint density at radius 3 is 2.03 bits per heavy atom. The van der Waals surface area contributed by atoms with E-state index in [2.05, 4.69) is 5.32 Å². The van der Waals surface area contributed by atoms with Gasteiger partial charge < -0.3 is 10.2 Å². The standard InChI is InChI=1S/C26H37N3O4S/c1-6-17-27-26(31)24(8-3)28(18-22-11-9-20(4)10-12-22)25(30)19-29(34(5,32)33)23-15-13-21(7-2)14-16-23/h9-16,24H,6-8,17-19H2,1-5H3,(H,27,31)/t24-/m1/s1. The summed E-state index contributed by atoms with van der Waals surface area (Å²) in [7, 11) is -3.73. The van der Waals surface area contributed by atoms with E-state index >= 15 is 0 Å². The molecule has 1 N–H and O–H groups in total. The smallest absolute Gasteiger partial charge is 0.244 e. The minimum Gasteiger partial charge on any atom is -0.354 e. The Bertz CT molecular complexity index is 1050. The van der Waals surface area contributed by atoms with E-state index in [1.807, 2.05) is 64.1 Å². The third-order valence-electron chi connectivity index (χ3n) is 5.72. The summed E-state index contributed by atoms with van der Waals surface area (Å²) in [5, 5.41) is 2.88. The van der Waals surface area contributed by atoms with E-state index < -0.39 is 22.0 Å². The zero-order chi connectivity index (χ0) is 25.3. The van der Waals surface area contributed by atoms with Gasteiger partial charge in [0, 0.05) is 13.1 Å². The Hall–Kier alpha value is -2.87. The third kappa shape index (κ3) is 7.58. The molecule has 0 heterocycles. The number of aryl methyl sites for hydroxylation is 2. The molecule has 0 bridgehead atoms. The van der Waals surface area contributed by atoms with E-state index in [1.54, 1.807) is 12.1 Å². The van der Waals surface area contributed by atoms with Crippen molar-refractivity contribution in [3.8, 4) is 0 Å². The van der Waals surface area contributed by atoms with Gasteiger partial charge in [-0.25, -0.2) is 8.42 Å². The number of carbonyl (C=O) groups excluding carboxylic acids is 2. The van der Waals surface area contributed by atoms with Gasteiger partial charge in [-0.15, -0.1) is 0 Å². The van der Waals surface area contributed by atoms with Gasteiger partial charge in [0.1, 0.15) is 12.6 Å². The average Bonchev–Trinajstić information content (AvgIpc) is 2.81. The van der Waals surface area contributed by atoms with Gasteiger partial charge in [-0.05, 0) is 49.4 Å². The van der Waals surface area contributed by atoms with Crippen LogP contribution in [-0.2, 0) is 32.6 Å². The molecule has 186 valence electrons. The fourth-order valence-corrected chi connectivity index (χ4v) is 4.54. The van der Waals surface area contributed by atoms with Crippen LogP contribution in [0.3, 0.4) is 0 Å². The summed E-state index contributed by atoms with van der Waals surface area (Å²) in [6, 6.07) is 14.2. The molecule has 0 radical (unpaired) electrons. The lowest BCUT2D eigenvalue weighted by Crippen LogP contribution is -2.52. The summed E-state index contributed by atoms with van der Waals surface area (Å²) >= 11 is 0. The molecule has 0 unspecified atom stereocenters. The van der Waals surface area contributed by atoms with E-state index in [1.165, 1.54) is 4.90 Å². The molecule has 2 aromatic rings. The van der Waals surface area contributed by atoms with Crippen molar-refractivity contribution in [2.24, 2.45) is 0 Å². The normalized spacial score (nSPS) is 12.1. The van der Waals surface area contributed by atoms with Crippen molar-refractivity contribution in [1.29, 1.82) is 0 Å². The van der Waals surface area contributed by atoms with E-state index in [4.69, 9.17) is 0 Å². The Kier molecular flexibility index (Phi) is 10.1. The predicted molar refractivity (Wildman–Crippen MR) is 137 cm³/mol. The second kappa shape index (κ2) is 12.6. The molecule has 7 nitrogen and oxygen atoms in total. The third-order valence-corrected chi connectivity index (χ3v) is 6.86. The summed E-state index contributed by atoms with van der Waals surface area (Å²) in [4.78, 5) is 28.0. The molecule has 2 amide bonds. The van der Waals surface area contributed by atoms with Crippen molar-refractivity contribution in [2.75, 3.05) is 23.7 Å². The quantitative estimate of drug-likeness (QED) is 0.495. The van der Waals surface area contributed by atoms with Gasteiger partial charge in [0.15, 0.2) is 0 Å². The van der Waals surface area contributed by atoms with Crippen LogP contribution in [0.5, 0.6) is 0 Å². The van der Waals surface area contributed by atoms with Gasteiger partial charge in [-0.1, -0.05) is 62.7 Å². The van der Waals surface area contributed by atoms with E-state index in [0.717, 1.165) is 40.1 Å². The highest BCUT2D eigenvalue weighted by atomic mass is 32.2. The molecule has 0 aliphatic rings. The summed E-state index contributed by atoms with van der Waals surface area (Å²) in [5.74, 6) is -0.660. The van der Waals surface area contributed by atoms with E-state index in [0.29, 0.717) is 18.7 Å². The lowest BCUT2D eigenvalue weighted by Gasteiger charge is -2.33. The summed E-state index contributed by atoms with van der Waals surface area (Å²) in [6.07, 6.45) is 3.11. The van der Waals surface area contributed by atoms with E-state index in [9.17, 15) is 18.0 Å². The maximum Gasteiger partial charge on any atom is 0.244 e. The molecule has 2 rings (SSSR count). The Labute approximate surface area is 204 Å². The van der Waals surface area contributed by atoms with Gasteiger partial charge in [0.25, 0.3) is 0 Å². The lowest BCUT2D eigenvalue weighted by atomic mass is 10.1. The van der Waals surface area contributed by atoms with Crippen LogP contribution in [0.4, 0.5) is 5.69 Å². The van der Waals surface area contributed by atoms with Gasteiger partial charge in [0.2, 0.25) is 21.8 Å². The average molecular weight is 488 g/mol. The highest BCUT2D eigenvalue weighted by molar-refractivity contribution is 7.92. The molecule has 0 spiro atoms. The number of carbonyl (C=O) groups is 2. The molecule has 0 aliphatic carbocycles. The molecular formula is C26H37N3O4S. The van der Waals surface area contributed by atoms with Crippen molar-refractivity contribution in [3.63, 3.8) is 0 Å². The number of hydrogen-bond donors (Lipinski definition) is 1. The van der Waals surface area contributed by atoms with Crippen LogP contribution >= 0.6 is 0 Å². The monoisotopic (exact) mass is 487 g/mol. The summed E-state index contributed by atoms with van der Waals surface area (Å²) in [5.41, 5.74) is 3.46. The number of anilines is 1. The Morgan fingerprint density at radius 2 is 1.53 bits per heavy atom. The van der Waals surface area contributed by atoms with E-state index in [-0.39, 0.29) is 19.0 Å². The van der Waals surface area contributed by atoms with Crippen LogP contribution in [-0.4, -0.2) is 50.5 Å². The maximum absolute atomic E-state index is 13.6. The van der Waals surface area contributed by atoms with Crippen LogP contribution in [0.2, 0.25) is 0 Å². The number of amides is 2. The molecule has 0 saturated carbocycles. The highest BCUT2D eigenvalue weighted by Gasteiger charge is 2.31. The first-order valence-electron chi connectivity index (χ1n) is 11.8. The number of sulfonamides is 1. The Balaban J connectivity index is 2.40. The minimum absolute atomic E-state index is 0.212. The number of nitrogens with one attached hydrogen (secondary N) is 1. The molecule has 2 aromatic carbocycles. The number of benzene rings is 2. The molecule has 0 aliphatic heterocycles. The minimum atomic E-state index is -3.73. The van der Waals surface area contributed by atoms with Crippen LogP contribution in [0.15, 0.2) is 48.5 Å². The molecule has 0 fully saturated rings. The van der Waals surface area contributed by atoms with Gasteiger partial charge >= 0.3 is 0 Å². The molecule has 0 aromatic heterocycles. The zero-order valence-electron chi connectivity index (χ0n) is 20.9. The van der Waals surface area contributed by atoms with Crippen molar-refractivity contribution in [1.82, 2.24) is 10.2 Å². The zero-order valence-corrected chi connectivity index (χ0v) is 21.7. The van der Waals surface area contributed by atoms with Crippen molar-refractivity contribution >= 4 is 27.5 Å². The molecule has 1 atom stereocenters. The first-order chi connectivity index (χ1) is 16.1. The Morgan fingerprint density at radius 1 is 0.941 bits per heavy atom. The summed E-state index contributed by atoms with van der Waals surface area (Å²) in [6.45, 7) is 8.16. The lowest BCUT2D eigenvalue weighted by molar-refractivity contribution is -0.140. The van der Waals surface area contributed by atoms with Crippen molar-refractivity contribution in [3.05, 3.63) is 65.2 Å². The first kappa shape index (κ1) is 27.4. The largest absolute Gasteiger partial charge is 0.354 e. The highest BCUT2D eigenvalue weighted by Crippen LogP contribution is 2.21. The van der Waals surface area contributed by atoms with Crippen molar-refractivity contribution < 1.29 is 18.0 Å². The molecular weight excluding hydrogens is 450 g/mol. The van der Waals surface area contributed by atoms with Crippen molar-refractivity contribution in [2.45, 2.75) is 59.5 Å². The fourth-order valence-electron chi connectivity index (χ4n) is 3.69. The SMILES string of the molecule is CCCNC(=O)[C@@H](CC)N(Cc1ccc(C)cc1)C(=O)CN(c1ccc(CC)cc1)S(C)(=O)=O. The van der Waals surface area contributed by atoms with Crippen LogP contribution in [0.25, 0.3) is 0 Å². The number of hydrogen-bond acceptors (Lipinski definition) is 4. The molecule has 34 heavy (non-hydrogen) atoms. The second-order valence-corrected chi connectivity index (χ2v) is 10.4. The fraction of sp³-hybridized carbons (Fsp3) is 0.462. The van der Waals surface area contributed by atoms with Crippen LogP contribution < -0.4 is 9.62 Å². The van der Waals surface area contributed by atoms with Gasteiger partial charge in [0.05, 0.1) is 11.9 Å². The molecule has 8 heteroatoms. The van der Waals surface area contributed by atoms with Crippen LogP contribution in [0, 0.1) is 6.92 Å². The summed E-state index contributed by atoms with van der Waals surface area (Å²) < 4.78 is 26.4. The number of nitrogens with zero attached hydrogens (tertiary/aromatic N) is 2.